The van der Waals surface area contributed by atoms with E-state index < -0.39 is 31.0 Å². The molecule has 0 atom stereocenters. The topological polar surface area (TPSA) is 161 Å². The molecule has 13 heteroatoms. The minimum atomic E-state index is -1.75. The Balaban J connectivity index is 0.000000646. The Bertz CT molecular complexity index is 780. The quantitative estimate of drug-likeness (QED) is 0.312. The lowest BCUT2D eigenvalue weighted by atomic mass is 9.80. The van der Waals surface area contributed by atoms with Crippen molar-refractivity contribution in [2.24, 2.45) is 5.73 Å². The first-order valence-corrected chi connectivity index (χ1v) is 9.12. The van der Waals surface area contributed by atoms with Gasteiger partial charge in [0, 0.05) is 19.8 Å². The molecule has 0 saturated carbocycles. The van der Waals surface area contributed by atoms with Crippen LogP contribution in [0.1, 0.15) is 0 Å². The Labute approximate surface area is 167 Å². The molecule has 2 aromatic rings. The highest BCUT2D eigenvalue weighted by atomic mass is 35.5. The zero-order valence-electron chi connectivity index (χ0n) is 13.6. The number of halogens is 2. The molecule has 0 spiro atoms. The first-order valence-electron chi connectivity index (χ1n) is 7.22. The smallest absolute Gasteiger partial charge is 0.480 e. The van der Waals surface area contributed by atoms with Crippen molar-refractivity contribution in [2.45, 2.75) is 9.79 Å². The van der Waals surface area contributed by atoms with E-state index in [0.717, 1.165) is 0 Å². The van der Waals surface area contributed by atoms with Gasteiger partial charge in [-0.2, -0.15) is 0 Å². The first-order chi connectivity index (χ1) is 12.5. The van der Waals surface area contributed by atoms with Crippen LogP contribution in [0.2, 0.25) is 10.0 Å². The molecule has 0 bridgehead atoms. The van der Waals surface area contributed by atoms with Crippen molar-refractivity contribution < 1.29 is 34.2 Å². The van der Waals surface area contributed by atoms with E-state index in [1.807, 2.05) is 0 Å². The third kappa shape index (κ3) is 7.60. The summed E-state index contributed by atoms with van der Waals surface area (Å²) in [5.74, 6) is -0.968. The van der Waals surface area contributed by atoms with Gasteiger partial charge in [0.1, 0.15) is 0 Å². The third-order valence-electron chi connectivity index (χ3n) is 2.99. The molecular weight excluding hydrogens is 419 g/mol. The van der Waals surface area contributed by atoms with Gasteiger partial charge in [0.25, 0.3) is 0 Å². The van der Waals surface area contributed by atoms with E-state index in [-0.39, 0.29) is 37.3 Å². The number of nitrogens with two attached hydrogens (primary N) is 1. The van der Waals surface area contributed by atoms with Gasteiger partial charge in [-0.1, -0.05) is 23.2 Å². The number of benzene rings is 2. The molecular formula is C14H15B2Cl2NO7S. The van der Waals surface area contributed by atoms with E-state index in [9.17, 15) is 29.1 Å². The summed E-state index contributed by atoms with van der Waals surface area (Å²) in [5, 5.41) is 44.8. The van der Waals surface area contributed by atoms with Crippen molar-refractivity contribution in [1.82, 2.24) is 0 Å². The van der Waals surface area contributed by atoms with Gasteiger partial charge in [0.15, 0.2) is 0 Å². The summed E-state index contributed by atoms with van der Waals surface area (Å²) in [4.78, 5) is 9.71. The predicted molar refractivity (Wildman–Crippen MR) is 104 cm³/mol. The number of rotatable bonds is 5. The van der Waals surface area contributed by atoms with Crippen molar-refractivity contribution in [3.63, 3.8) is 0 Å². The second-order valence-corrected chi connectivity index (χ2v) is 7.41. The normalized spacial score (nSPS) is 10.2. The van der Waals surface area contributed by atoms with Crippen LogP contribution in [0, 0.1) is 0 Å². The van der Waals surface area contributed by atoms with Crippen molar-refractivity contribution >= 4 is 65.1 Å². The zero-order valence-corrected chi connectivity index (χ0v) is 15.9. The third-order valence-corrected chi connectivity index (χ3v) is 4.75. The van der Waals surface area contributed by atoms with E-state index in [0.29, 0.717) is 0 Å². The fourth-order valence-corrected chi connectivity index (χ4v) is 3.66. The average molecular weight is 434 g/mol. The summed E-state index contributed by atoms with van der Waals surface area (Å²) in [6, 6.07) is 8.19. The molecule has 0 radical (unpaired) electrons. The van der Waals surface area contributed by atoms with Gasteiger partial charge < -0.3 is 30.9 Å². The van der Waals surface area contributed by atoms with Crippen molar-refractivity contribution in [2.75, 3.05) is 6.54 Å². The van der Waals surface area contributed by atoms with Crippen LogP contribution in [0.4, 0.5) is 0 Å². The van der Waals surface area contributed by atoms with Gasteiger partial charge in [-0.25, -0.2) is 4.21 Å². The molecule has 2 rings (SSSR count). The Morgan fingerprint density at radius 1 is 0.889 bits per heavy atom. The minimum Gasteiger partial charge on any atom is -0.480 e. The largest absolute Gasteiger partial charge is 0.488 e. The SMILES string of the molecule is NCC(=O)O.O=S(c1cc(Cl)cc(B(O)O)c1)c1cc(Cl)cc(B(O)O)c1. The Morgan fingerprint density at radius 2 is 1.22 bits per heavy atom. The summed E-state index contributed by atoms with van der Waals surface area (Å²) in [6.45, 7) is -0.278. The van der Waals surface area contributed by atoms with E-state index in [1.54, 1.807) is 0 Å². The Hall–Kier alpha value is -1.43. The molecule has 0 saturated heterocycles. The van der Waals surface area contributed by atoms with Crippen LogP contribution in [0.25, 0.3) is 0 Å². The molecule has 27 heavy (non-hydrogen) atoms. The van der Waals surface area contributed by atoms with Gasteiger partial charge in [0.2, 0.25) is 0 Å². The second kappa shape index (κ2) is 10.8. The van der Waals surface area contributed by atoms with Gasteiger partial charge in [-0.15, -0.1) is 0 Å². The van der Waals surface area contributed by atoms with E-state index >= 15 is 0 Å². The van der Waals surface area contributed by atoms with Crippen LogP contribution in [0.3, 0.4) is 0 Å². The summed E-state index contributed by atoms with van der Waals surface area (Å²) >= 11 is 11.8. The van der Waals surface area contributed by atoms with Crippen LogP contribution in [0.15, 0.2) is 46.2 Å². The lowest BCUT2D eigenvalue weighted by Gasteiger charge is -2.09. The second-order valence-electron chi connectivity index (χ2n) is 5.05. The van der Waals surface area contributed by atoms with Crippen molar-refractivity contribution in [3.05, 3.63) is 46.4 Å². The van der Waals surface area contributed by atoms with E-state index in [1.165, 1.54) is 36.4 Å². The maximum absolute atomic E-state index is 12.6. The number of carboxylic acids is 1. The van der Waals surface area contributed by atoms with Crippen LogP contribution in [-0.4, -0.2) is 56.2 Å². The summed E-state index contributed by atoms with van der Waals surface area (Å²) in [5.41, 5.74) is 4.77. The summed E-state index contributed by atoms with van der Waals surface area (Å²) in [6.07, 6.45) is 0. The number of hydrogen-bond acceptors (Lipinski definition) is 7. The van der Waals surface area contributed by atoms with Crippen molar-refractivity contribution in [1.29, 1.82) is 0 Å². The van der Waals surface area contributed by atoms with Gasteiger partial charge >= 0.3 is 20.2 Å². The van der Waals surface area contributed by atoms with E-state index in [2.05, 4.69) is 5.73 Å². The number of aliphatic carboxylic acids is 1. The minimum absolute atomic E-state index is 0.0975. The fraction of sp³-hybridized carbons (Fsp3) is 0.0714. The Kier molecular flexibility index (Phi) is 9.43. The zero-order chi connectivity index (χ0) is 20.7. The maximum Gasteiger partial charge on any atom is 0.488 e. The van der Waals surface area contributed by atoms with Crippen molar-refractivity contribution in [3.8, 4) is 0 Å². The first kappa shape index (κ1) is 23.6. The molecule has 0 unspecified atom stereocenters. The summed E-state index contributed by atoms with van der Waals surface area (Å²) < 4.78 is 12.6. The molecule has 0 amide bonds. The molecule has 0 heterocycles. The molecule has 7 N–H and O–H groups in total. The highest BCUT2D eigenvalue weighted by molar-refractivity contribution is 7.85. The average Bonchev–Trinajstić information content (AvgIpc) is 2.60. The predicted octanol–water partition coefficient (Wildman–Crippen LogP) is -1.45. The van der Waals surface area contributed by atoms with Gasteiger partial charge in [-0.05, 0) is 47.3 Å². The molecule has 144 valence electrons. The standard InChI is InChI=1S/C12H10B2Cl2O5S.C2H5NO2/c15-9-1-7(13(17)18)3-11(5-9)22(21)12-4-8(14(19)20)2-10(16)6-12;3-1-2(4)5/h1-6,17-20H;1,3H2,(H,4,5). The molecule has 0 aliphatic carbocycles. The monoisotopic (exact) mass is 433 g/mol. The summed E-state index contributed by atoms with van der Waals surface area (Å²) in [7, 11) is -5.23. The number of carbonyl (C=O) groups is 1. The van der Waals surface area contributed by atoms with Crippen LogP contribution < -0.4 is 16.7 Å². The van der Waals surface area contributed by atoms with Crippen LogP contribution in [0.5, 0.6) is 0 Å². The van der Waals surface area contributed by atoms with Gasteiger partial charge in [-0.3, -0.25) is 4.79 Å². The molecule has 0 fully saturated rings. The lowest BCUT2D eigenvalue weighted by molar-refractivity contribution is -0.135. The molecule has 0 aliphatic heterocycles. The van der Waals surface area contributed by atoms with E-state index in [4.69, 9.17) is 28.3 Å². The Morgan fingerprint density at radius 3 is 1.48 bits per heavy atom. The highest BCUT2D eigenvalue weighted by Gasteiger charge is 2.19. The van der Waals surface area contributed by atoms with Gasteiger partial charge in [0.05, 0.1) is 17.3 Å². The molecule has 0 aromatic heterocycles. The number of carboxylic acid groups (broad SMARTS) is 1. The fourth-order valence-electron chi connectivity index (χ4n) is 1.82. The number of hydrogen-bond donors (Lipinski definition) is 6. The molecule has 2 aromatic carbocycles. The maximum atomic E-state index is 12.6. The van der Waals surface area contributed by atoms with Crippen LogP contribution in [-0.2, 0) is 15.6 Å². The molecule has 8 nitrogen and oxygen atoms in total. The lowest BCUT2D eigenvalue weighted by Crippen LogP contribution is -2.30. The highest BCUT2D eigenvalue weighted by Crippen LogP contribution is 2.21. The molecule has 0 aliphatic rings. The van der Waals surface area contributed by atoms with Crippen LogP contribution >= 0.6 is 23.2 Å².